The molecule has 0 bridgehead atoms. The quantitative estimate of drug-likeness (QED) is 0.840. The van der Waals surface area contributed by atoms with Crippen molar-refractivity contribution < 1.29 is 13.7 Å². The molecule has 7 heteroatoms. The van der Waals surface area contributed by atoms with Gasteiger partial charge in [0.1, 0.15) is 0 Å². The van der Waals surface area contributed by atoms with Crippen molar-refractivity contribution in [1.82, 2.24) is 20.0 Å². The van der Waals surface area contributed by atoms with E-state index in [0.717, 1.165) is 25.7 Å². The second-order valence-electron chi connectivity index (χ2n) is 7.87. The summed E-state index contributed by atoms with van der Waals surface area (Å²) in [5, 5.41) is 4.25. The lowest BCUT2D eigenvalue weighted by molar-refractivity contribution is 0.0766. The molecule has 26 heavy (non-hydrogen) atoms. The molecule has 1 saturated heterocycles. The van der Waals surface area contributed by atoms with E-state index >= 15 is 0 Å². The molecule has 3 heterocycles. The first-order chi connectivity index (χ1) is 12.5. The van der Waals surface area contributed by atoms with Crippen molar-refractivity contribution >= 4 is 5.91 Å². The molecule has 0 aromatic carbocycles. The summed E-state index contributed by atoms with van der Waals surface area (Å²) in [6.45, 7) is 5.30. The smallest absolute Gasteiger partial charge is 0.275 e. The maximum Gasteiger partial charge on any atom is 0.275 e. The number of carbonyl (C=O) groups excluding carboxylic acids is 1. The van der Waals surface area contributed by atoms with Crippen molar-refractivity contribution in [2.24, 2.45) is 11.8 Å². The first-order valence-corrected chi connectivity index (χ1v) is 9.22. The molecule has 4 rings (SSSR count). The Kier molecular flexibility index (Phi) is 4.25. The fourth-order valence-electron chi connectivity index (χ4n) is 4.39. The Morgan fingerprint density at radius 2 is 2.35 bits per heavy atom. The first kappa shape index (κ1) is 17.1. The van der Waals surface area contributed by atoms with Crippen LogP contribution in [0.1, 0.15) is 55.3 Å². The largest absolute Gasteiger partial charge is 0.339 e. The van der Waals surface area contributed by atoms with Crippen LogP contribution in [-0.2, 0) is 11.8 Å². The minimum absolute atomic E-state index is 0.115. The molecule has 2 aromatic heterocycles. The molecule has 1 aliphatic heterocycles. The highest BCUT2D eigenvalue weighted by Gasteiger charge is 2.54. The van der Waals surface area contributed by atoms with Crippen molar-refractivity contribution in [3.05, 3.63) is 41.6 Å². The van der Waals surface area contributed by atoms with Crippen LogP contribution >= 0.6 is 0 Å². The van der Waals surface area contributed by atoms with Gasteiger partial charge in [0.2, 0.25) is 5.89 Å². The Bertz CT molecular complexity index is 821. The van der Waals surface area contributed by atoms with Crippen LogP contribution in [0, 0.1) is 17.7 Å². The van der Waals surface area contributed by atoms with Crippen LogP contribution in [0.3, 0.4) is 0 Å². The van der Waals surface area contributed by atoms with Crippen LogP contribution < -0.4 is 0 Å². The van der Waals surface area contributed by atoms with E-state index in [4.69, 9.17) is 4.52 Å². The van der Waals surface area contributed by atoms with Gasteiger partial charge in [0.15, 0.2) is 17.3 Å². The van der Waals surface area contributed by atoms with Crippen molar-refractivity contribution in [2.75, 3.05) is 13.1 Å². The summed E-state index contributed by atoms with van der Waals surface area (Å²) >= 11 is 0. The van der Waals surface area contributed by atoms with E-state index in [1.807, 2.05) is 0 Å². The number of hydrogen-bond donors (Lipinski definition) is 0. The third-order valence-electron chi connectivity index (χ3n) is 5.62. The maximum atomic E-state index is 14.0. The van der Waals surface area contributed by atoms with Gasteiger partial charge in [-0.25, -0.2) is 9.37 Å². The second-order valence-corrected chi connectivity index (χ2v) is 7.87. The molecule has 0 radical (unpaired) electrons. The zero-order valence-electron chi connectivity index (χ0n) is 15.1. The van der Waals surface area contributed by atoms with Crippen molar-refractivity contribution in [2.45, 2.75) is 44.9 Å². The molecule has 1 aliphatic carbocycles. The third-order valence-corrected chi connectivity index (χ3v) is 5.62. The van der Waals surface area contributed by atoms with E-state index < -0.39 is 5.82 Å². The minimum atomic E-state index is -0.581. The normalized spacial score (nSPS) is 25.1. The summed E-state index contributed by atoms with van der Waals surface area (Å²) in [4.78, 5) is 23.1. The van der Waals surface area contributed by atoms with Crippen LogP contribution in [0.25, 0.3) is 0 Å². The van der Waals surface area contributed by atoms with Gasteiger partial charge < -0.3 is 9.42 Å². The zero-order chi connectivity index (χ0) is 18.3. The predicted octanol–water partition coefficient (Wildman–Crippen LogP) is 3.00. The summed E-state index contributed by atoms with van der Waals surface area (Å²) in [7, 11) is 0. The van der Waals surface area contributed by atoms with Crippen molar-refractivity contribution in [3.8, 4) is 0 Å². The predicted molar refractivity (Wildman–Crippen MR) is 92.0 cm³/mol. The van der Waals surface area contributed by atoms with Crippen molar-refractivity contribution in [1.29, 1.82) is 0 Å². The van der Waals surface area contributed by atoms with E-state index in [2.05, 4.69) is 29.0 Å². The van der Waals surface area contributed by atoms with Crippen molar-refractivity contribution in [3.63, 3.8) is 0 Å². The van der Waals surface area contributed by atoms with Gasteiger partial charge >= 0.3 is 0 Å². The number of halogens is 1. The standard InChI is InChI=1S/C19H23FN4O2/c1-12(2)9-15-22-18(23-26-15)19-7-3-5-13(19)10-24(11-19)17(25)16-14(20)6-4-8-21-16/h4,6,8,12-13H,3,5,7,9-11H2,1-2H3/t13-,19-/m1/s1. The monoisotopic (exact) mass is 358 g/mol. The van der Waals surface area contributed by atoms with Gasteiger partial charge in [-0.1, -0.05) is 25.4 Å². The summed E-state index contributed by atoms with van der Waals surface area (Å²) < 4.78 is 19.4. The molecule has 0 N–H and O–H groups in total. The fraction of sp³-hybridized carbons (Fsp3) is 0.579. The van der Waals surface area contributed by atoms with Gasteiger partial charge in [-0.15, -0.1) is 0 Å². The number of carbonyl (C=O) groups is 1. The molecule has 2 aliphatic rings. The molecular formula is C19H23FN4O2. The molecule has 1 saturated carbocycles. The van der Waals surface area contributed by atoms with Crippen LogP contribution in [0.2, 0.25) is 0 Å². The molecule has 6 nitrogen and oxygen atoms in total. The molecule has 138 valence electrons. The van der Waals surface area contributed by atoms with Gasteiger partial charge in [0, 0.05) is 25.7 Å². The van der Waals surface area contributed by atoms with E-state index in [9.17, 15) is 9.18 Å². The Labute approximate surface area is 151 Å². The Morgan fingerprint density at radius 3 is 3.12 bits per heavy atom. The highest BCUT2D eigenvalue weighted by Crippen LogP contribution is 2.49. The van der Waals surface area contributed by atoms with Crippen LogP contribution in [0.5, 0.6) is 0 Å². The fourth-order valence-corrected chi connectivity index (χ4v) is 4.39. The minimum Gasteiger partial charge on any atom is -0.339 e. The number of likely N-dealkylation sites (tertiary alicyclic amines) is 1. The van der Waals surface area contributed by atoms with E-state index in [1.165, 1.54) is 18.3 Å². The van der Waals surface area contributed by atoms with Gasteiger partial charge in [0.05, 0.1) is 5.41 Å². The van der Waals surface area contributed by atoms with E-state index in [0.29, 0.717) is 30.7 Å². The summed E-state index contributed by atoms with van der Waals surface area (Å²) in [6, 6.07) is 2.76. The van der Waals surface area contributed by atoms with E-state index in [-0.39, 0.29) is 22.9 Å². The van der Waals surface area contributed by atoms with Gasteiger partial charge in [-0.05, 0) is 36.8 Å². The molecule has 2 fully saturated rings. The summed E-state index contributed by atoms with van der Waals surface area (Å²) in [5.41, 5.74) is -0.393. The Balaban J connectivity index is 1.60. The van der Waals surface area contributed by atoms with Crippen LogP contribution in [-0.4, -0.2) is 39.0 Å². The zero-order valence-corrected chi connectivity index (χ0v) is 15.1. The molecule has 0 unspecified atom stereocenters. The lowest BCUT2D eigenvalue weighted by Crippen LogP contribution is -2.36. The highest BCUT2D eigenvalue weighted by molar-refractivity contribution is 5.92. The van der Waals surface area contributed by atoms with Gasteiger partial charge in [0.25, 0.3) is 5.91 Å². The number of rotatable bonds is 4. The summed E-state index contributed by atoms with van der Waals surface area (Å²) in [5.74, 6) is 1.13. The van der Waals surface area contributed by atoms with Gasteiger partial charge in [-0.2, -0.15) is 4.98 Å². The molecule has 2 atom stereocenters. The number of fused-ring (bicyclic) bond motifs is 1. The third kappa shape index (κ3) is 2.79. The lowest BCUT2D eigenvalue weighted by Gasteiger charge is -2.24. The number of nitrogens with zero attached hydrogens (tertiary/aromatic N) is 4. The highest BCUT2D eigenvalue weighted by atomic mass is 19.1. The molecule has 1 amide bonds. The molecular weight excluding hydrogens is 335 g/mol. The average molecular weight is 358 g/mol. The number of amides is 1. The second kappa shape index (κ2) is 6.45. The topological polar surface area (TPSA) is 72.1 Å². The lowest BCUT2D eigenvalue weighted by atomic mass is 9.80. The van der Waals surface area contributed by atoms with Gasteiger partial charge in [-0.3, -0.25) is 4.79 Å². The summed E-state index contributed by atoms with van der Waals surface area (Å²) in [6.07, 6.45) is 5.21. The maximum absolute atomic E-state index is 14.0. The average Bonchev–Trinajstić information content (AvgIpc) is 3.27. The van der Waals surface area contributed by atoms with Crippen LogP contribution in [0.15, 0.2) is 22.9 Å². The SMILES string of the molecule is CC(C)Cc1nc([C@@]23CCC[C@@H]2CN(C(=O)c2ncccc2F)C3)no1. The molecule has 2 aromatic rings. The number of aromatic nitrogens is 3. The first-order valence-electron chi connectivity index (χ1n) is 9.22. The Hall–Kier alpha value is -2.31. The molecule has 0 spiro atoms. The van der Waals surface area contributed by atoms with Crippen LogP contribution in [0.4, 0.5) is 4.39 Å². The number of pyridine rings is 1. The van der Waals surface area contributed by atoms with E-state index in [1.54, 1.807) is 4.90 Å². The Morgan fingerprint density at radius 1 is 1.50 bits per heavy atom. The number of hydrogen-bond acceptors (Lipinski definition) is 5.